The maximum atomic E-state index is 12.7. The van der Waals surface area contributed by atoms with Gasteiger partial charge < -0.3 is 9.73 Å². The molecule has 0 saturated heterocycles. The van der Waals surface area contributed by atoms with Crippen LogP contribution in [0.4, 0.5) is 11.4 Å². The summed E-state index contributed by atoms with van der Waals surface area (Å²) in [6, 6.07) is 20.9. The number of anilines is 2. The predicted octanol–water partition coefficient (Wildman–Crippen LogP) is 4.79. The van der Waals surface area contributed by atoms with Crippen molar-refractivity contribution in [1.29, 1.82) is 0 Å². The van der Waals surface area contributed by atoms with E-state index in [1.807, 2.05) is 18.2 Å². The minimum Gasteiger partial charge on any atom is -0.451 e. The number of nitrogens with zero attached hydrogens (tertiary/aromatic N) is 1. The van der Waals surface area contributed by atoms with Gasteiger partial charge in [0.2, 0.25) is 0 Å². The van der Waals surface area contributed by atoms with Crippen LogP contribution in [0.15, 0.2) is 77.2 Å². The highest BCUT2D eigenvalue weighted by molar-refractivity contribution is 6.34. The van der Waals surface area contributed by atoms with E-state index >= 15 is 0 Å². The fourth-order valence-corrected chi connectivity index (χ4v) is 3.63. The van der Waals surface area contributed by atoms with Gasteiger partial charge in [-0.05, 0) is 55.0 Å². The number of carbonyl (C=O) groups excluding carboxylic acids is 3. The van der Waals surface area contributed by atoms with Crippen molar-refractivity contribution in [1.82, 2.24) is 0 Å². The first-order chi connectivity index (χ1) is 14.5. The van der Waals surface area contributed by atoms with E-state index in [0.29, 0.717) is 33.6 Å². The lowest BCUT2D eigenvalue weighted by atomic mass is 10.1. The molecule has 1 N–H and O–H groups in total. The Kier molecular flexibility index (Phi) is 3.99. The summed E-state index contributed by atoms with van der Waals surface area (Å²) >= 11 is 0. The molecule has 1 aromatic heterocycles. The second-order valence-electron chi connectivity index (χ2n) is 7.09. The van der Waals surface area contributed by atoms with Gasteiger partial charge in [-0.15, -0.1) is 0 Å². The van der Waals surface area contributed by atoms with Gasteiger partial charge in [0, 0.05) is 11.1 Å². The van der Waals surface area contributed by atoms with Crippen LogP contribution >= 0.6 is 0 Å². The standard InChI is InChI=1S/C24H16N2O4/c1-14-12-16(26-23(28)17-7-3-4-8-18(17)24(26)29)10-11-19(14)25-22(27)21-13-15-6-2-5-9-20(15)30-21/h2-13H,1H3,(H,25,27). The molecule has 0 saturated carbocycles. The average Bonchev–Trinajstić information content (AvgIpc) is 3.29. The molecule has 6 heteroatoms. The maximum absolute atomic E-state index is 12.7. The highest BCUT2D eigenvalue weighted by Crippen LogP contribution is 2.31. The van der Waals surface area contributed by atoms with E-state index < -0.39 is 0 Å². The number of fused-ring (bicyclic) bond motifs is 2. The molecule has 3 amide bonds. The van der Waals surface area contributed by atoms with Crippen LogP contribution in [0.2, 0.25) is 0 Å². The Hall–Kier alpha value is -4.19. The van der Waals surface area contributed by atoms with Gasteiger partial charge >= 0.3 is 0 Å². The number of rotatable bonds is 3. The fourth-order valence-electron chi connectivity index (χ4n) is 3.63. The molecule has 1 aliphatic rings. The molecule has 0 unspecified atom stereocenters. The zero-order valence-electron chi connectivity index (χ0n) is 16.0. The van der Waals surface area contributed by atoms with E-state index in [1.54, 1.807) is 61.5 Å². The number of benzene rings is 3. The van der Waals surface area contributed by atoms with Gasteiger partial charge in [-0.25, -0.2) is 4.90 Å². The van der Waals surface area contributed by atoms with Crippen molar-refractivity contribution in [2.45, 2.75) is 6.92 Å². The van der Waals surface area contributed by atoms with Crippen LogP contribution in [0.3, 0.4) is 0 Å². The summed E-state index contributed by atoms with van der Waals surface area (Å²) in [6.07, 6.45) is 0. The van der Waals surface area contributed by atoms with Crippen molar-refractivity contribution in [3.8, 4) is 0 Å². The Morgan fingerprint density at radius 3 is 2.20 bits per heavy atom. The van der Waals surface area contributed by atoms with Crippen molar-refractivity contribution < 1.29 is 18.8 Å². The first-order valence-electron chi connectivity index (χ1n) is 9.41. The number of amides is 3. The minimum atomic E-state index is -0.372. The lowest BCUT2D eigenvalue weighted by Crippen LogP contribution is -2.29. The Bertz CT molecular complexity index is 1280. The van der Waals surface area contributed by atoms with Crippen LogP contribution < -0.4 is 10.2 Å². The van der Waals surface area contributed by atoms with E-state index in [1.165, 1.54) is 0 Å². The summed E-state index contributed by atoms with van der Waals surface area (Å²) in [5.41, 5.74) is 3.17. The number of imide groups is 1. The number of hydrogen-bond donors (Lipinski definition) is 1. The zero-order valence-corrected chi connectivity index (χ0v) is 16.0. The molecular weight excluding hydrogens is 380 g/mol. The molecule has 6 nitrogen and oxygen atoms in total. The number of furan rings is 1. The molecule has 1 aliphatic heterocycles. The van der Waals surface area contributed by atoms with Gasteiger partial charge in [0.25, 0.3) is 17.7 Å². The van der Waals surface area contributed by atoms with E-state index in [9.17, 15) is 14.4 Å². The third-order valence-corrected chi connectivity index (χ3v) is 5.16. The molecule has 3 aromatic carbocycles. The largest absolute Gasteiger partial charge is 0.451 e. The van der Waals surface area contributed by atoms with Crippen molar-refractivity contribution in [3.63, 3.8) is 0 Å². The molecule has 0 aliphatic carbocycles. The van der Waals surface area contributed by atoms with E-state index in [2.05, 4.69) is 5.32 Å². The molecule has 0 fully saturated rings. The Balaban J connectivity index is 1.41. The molecule has 2 heterocycles. The van der Waals surface area contributed by atoms with Gasteiger partial charge in [-0.3, -0.25) is 14.4 Å². The lowest BCUT2D eigenvalue weighted by Gasteiger charge is -2.16. The van der Waals surface area contributed by atoms with E-state index in [0.717, 1.165) is 10.3 Å². The van der Waals surface area contributed by atoms with Crippen LogP contribution in [0.1, 0.15) is 36.8 Å². The molecule has 30 heavy (non-hydrogen) atoms. The third kappa shape index (κ3) is 2.78. The van der Waals surface area contributed by atoms with Crippen LogP contribution in [0, 0.1) is 6.92 Å². The van der Waals surface area contributed by atoms with Gasteiger partial charge in [0.1, 0.15) is 5.58 Å². The second kappa shape index (κ2) is 6.70. The normalized spacial score (nSPS) is 13.0. The number of hydrogen-bond acceptors (Lipinski definition) is 4. The van der Waals surface area contributed by atoms with Crippen molar-refractivity contribution in [2.24, 2.45) is 0 Å². The van der Waals surface area contributed by atoms with Crippen LogP contribution in [-0.2, 0) is 0 Å². The second-order valence-corrected chi connectivity index (χ2v) is 7.09. The summed E-state index contributed by atoms with van der Waals surface area (Å²) in [4.78, 5) is 39.1. The molecule has 146 valence electrons. The fraction of sp³-hybridized carbons (Fsp3) is 0.0417. The van der Waals surface area contributed by atoms with Crippen LogP contribution in [0.5, 0.6) is 0 Å². The molecule has 0 spiro atoms. The molecule has 5 rings (SSSR count). The number of para-hydroxylation sites is 1. The van der Waals surface area contributed by atoms with E-state index in [-0.39, 0.29) is 23.5 Å². The van der Waals surface area contributed by atoms with Gasteiger partial charge in [0.15, 0.2) is 5.76 Å². The van der Waals surface area contributed by atoms with Gasteiger partial charge in [-0.2, -0.15) is 0 Å². The van der Waals surface area contributed by atoms with E-state index in [4.69, 9.17) is 4.42 Å². The molecule has 0 bridgehead atoms. The summed E-state index contributed by atoms with van der Waals surface area (Å²) in [5, 5.41) is 3.67. The number of nitrogens with one attached hydrogen (secondary N) is 1. The first-order valence-corrected chi connectivity index (χ1v) is 9.41. The minimum absolute atomic E-state index is 0.208. The lowest BCUT2D eigenvalue weighted by molar-refractivity contribution is 0.0924. The third-order valence-electron chi connectivity index (χ3n) is 5.16. The molecule has 0 radical (unpaired) electrons. The van der Waals surface area contributed by atoms with Crippen molar-refractivity contribution >= 4 is 40.1 Å². The Morgan fingerprint density at radius 1 is 0.867 bits per heavy atom. The molecule has 0 atom stereocenters. The summed E-state index contributed by atoms with van der Waals surface area (Å²) < 4.78 is 5.60. The highest BCUT2D eigenvalue weighted by Gasteiger charge is 2.36. The van der Waals surface area contributed by atoms with Gasteiger partial charge in [-0.1, -0.05) is 30.3 Å². The van der Waals surface area contributed by atoms with Crippen molar-refractivity contribution in [2.75, 3.05) is 10.2 Å². The predicted molar refractivity (Wildman–Crippen MR) is 113 cm³/mol. The van der Waals surface area contributed by atoms with Crippen LogP contribution in [0.25, 0.3) is 11.0 Å². The topological polar surface area (TPSA) is 79.6 Å². The Labute approximate surface area is 171 Å². The summed E-state index contributed by atoms with van der Waals surface area (Å²) in [5.74, 6) is -0.870. The summed E-state index contributed by atoms with van der Waals surface area (Å²) in [7, 11) is 0. The molecule has 4 aromatic rings. The monoisotopic (exact) mass is 396 g/mol. The smallest absolute Gasteiger partial charge is 0.291 e. The zero-order chi connectivity index (χ0) is 20.8. The average molecular weight is 396 g/mol. The highest BCUT2D eigenvalue weighted by atomic mass is 16.3. The SMILES string of the molecule is Cc1cc(N2C(=O)c3ccccc3C2=O)ccc1NC(=O)c1cc2ccccc2o1. The molecular formula is C24H16N2O4. The summed E-state index contributed by atoms with van der Waals surface area (Å²) in [6.45, 7) is 1.80. The number of aryl methyl sites for hydroxylation is 1. The van der Waals surface area contributed by atoms with Crippen LogP contribution in [-0.4, -0.2) is 17.7 Å². The number of carbonyl (C=O) groups is 3. The Morgan fingerprint density at radius 2 is 1.53 bits per heavy atom. The van der Waals surface area contributed by atoms with Crippen molar-refractivity contribution in [3.05, 3.63) is 95.2 Å². The maximum Gasteiger partial charge on any atom is 0.291 e. The van der Waals surface area contributed by atoms with Gasteiger partial charge in [0.05, 0.1) is 16.8 Å². The first kappa shape index (κ1) is 17.9. The quantitative estimate of drug-likeness (QED) is 0.505.